The predicted octanol–water partition coefficient (Wildman–Crippen LogP) is 3.47. The molecule has 0 saturated carbocycles. The van der Waals surface area contributed by atoms with E-state index in [0.29, 0.717) is 18.0 Å². The lowest BCUT2D eigenvalue weighted by Gasteiger charge is -2.32. The van der Waals surface area contributed by atoms with Gasteiger partial charge in [0.15, 0.2) is 0 Å². The average molecular weight is 290 g/mol. The Hall–Kier alpha value is -1.06. The van der Waals surface area contributed by atoms with Gasteiger partial charge in [-0.05, 0) is 57.0 Å². The van der Waals surface area contributed by atoms with Gasteiger partial charge in [0.2, 0.25) is 0 Å². The molecule has 2 atom stereocenters. The zero-order valence-corrected chi connectivity index (χ0v) is 13.9. The van der Waals surface area contributed by atoms with Gasteiger partial charge in [-0.3, -0.25) is 0 Å². The summed E-state index contributed by atoms with van der Waals surface area (Å²) in [6.45, 7) is 9.75. The Labute approximate surface area is 129 Å². The van der Waals surface area contributed by atoms with Crippen LogP contribution >= 0.6 is 0 Å². The van der Waals surface area contributed by atoms with Crippen LogP contribution in [0, 0.1) is 5.92 Å². The van der Waals surface area contributed by atoms with E-state index < -0.39 is 0 Å². The highest BCUT2D eigenvalue weighted by molar-refractivity contribution is 5.29. The van der Waals surface area contributed by atoms with Gasteiger partial charge in [-0.2, -0.15) is 0 Å². The van der Waals surface area contributed by atoms with Crippen molar-refractivity contribution in [3.8, 4) is 5.75 Å². The highest BCUT2D eigenvalue weighted by atomic mass is 16.5. The zero-order chi connectivity index (χ0) is 15.2. The molecule has 0 aromatic heterocycles. The molecule has 1 saturated heterocycles. The third-order valence-corrected chi connectivity index (χ3v) is 4.07. The van der Waals surface area contributed by atoms with E-state index in [1.54, 1.807) is 0 Å². The van der Waals surface area contributed by atoms with Gasteiger partial charge in [-0.1, -0.05) is 26.0 Å². The lowest BCUT2D eigenvalue weighted by Crippen LogP contribution is -2.44. The van der Waals surface area contributed by atoms with E-state index in [1.807, 2.05) is 0 Å². The summed E-state index contributed by atoms with van der Waals surface area (Å²) in [6, 6.07) is 9.53. The molecule has 118 valence electrons. The number of piperidine rings is 1. The van der Waals surface area contributed by atoms with Crippen molar-refractivity contribution >= 4 is 0 Å². The topological polar surface area (TPSA) is 24.5 Å². The molecule has 3 nitrogen and oxygen atoms in total. The number of likely N-dealkylation sites (N-methyl/N-ethyl adjacent to an activating group) is 1. The van der Waals surface area contributed by atoms with Crippen LogP contribution < -0.4 is 10.1 Å². The number of nitrogens with zero attached hydrogens (tertiary/aromatic N) is 1. The number of nitrogens with one attached hydrogen (secondary N) is 1. The van der Waals surface area contributed by atoms with Gasteiger partial charge in [0.1, 0.15) is 5.75 Å². The van der Waals surface area contributed by atoms with E-state index in [1.165, 1.54) is 24.9 Å². The van der Waals surface area contributed by atoms with Crippen LogP contribution in [0.2, 0.25) is 0 Å². The predicted molar refractivity (Wildman–Crippen MR) is 88.8 cm³/mol. The van der Waals surface area contributed by atoms with E-state index in [4.69, 9.17) is 4.74 Å². The van der Waals surface area contributed by atoms with E-state index in [2.05, 4.69) is 62.3 Å². The number of rotatable bonds is 6. The Morgan fingerprint density at radius 3 is 2.57 bits per heavy atom. The molecule has 0 radical (unpaired) electrons. The molecule has 2 rings (SSSR count). The fourth-order valence-electron chi connectivity index (χ4n) is 2.87. The van der Waals surface area contributed by atoms with Crippen LogP contribution in [-0.2, 0) is 0 Å². The van der Waals surface area contributed by atoms with Crippen LogP contribution in [0.5, 0.6) is 5.75 Å². The maximum Gasteiger partial charge on any atom is 0.119 e. The SMILES string of the molecule is CC(C)COc1ccc(C(C)NC2CCCN(C)C2)cc1. The summed E-state index contributed by atoms with van der Waals surface area (Å²) in [6.07, 6.45) is 2.58. The van der Waals surface area contributed by atoms with E-state index in [0.717, 1.165) is 18.9 Å². The number of likely N-dealkylation sites (tertiary alicyclic amines) is 1. The van der Waals surface area contributed by atoms with Crippen molar-refractivity contribution in [1.29, 1.82) is 0 Å². The second-order valence-electron chi connectivity index (χ2n) is 6.76. The fourth-order valence-corrected chi connectivity index (χ4v) is 2.87. The third-order valence-electron chi connectivity index (χ3n) is 4.07. The maximum atomic E-state index is 5.74. The molecule has 1 aromatic carbocycles. The van der Waals surface area contributed by atoms with Crippen LogP contribution in [0.4, 0.5) is 0 Å². The lowest BCUT2D eigenvalue weighted by atomic mass is 10.0. The Morgan fingerprint density at radius 1 is 1.24 bits per heavy atom. The maximum absolute atomic E-state index is 5.74. The van der Waals surface area contributed by atoms with Crippen LogP contribution in [0.25, 0.3) is 0 Å². The van der Waals surface area contributed by atoms with Crippen LogP contribution in [-0.4, -0.2) is 37.7 Å². The first-order valence-corrected chi connectivity index (χ1v) is 8.22. The first-order chi connectivity index (χ1) is 10.0. The van der Waals surface area contributed by atoms with Gasteiger partial charge in [0.05, 0.1) is 6.61 Å². The summed E-state index contributed by atoms with van der Waals surface area (Å²) >= 11 is 0. The minimum Gasteiger partial charge on any atom is -0.493 e. The first kappa shape index (κ1) is 16.3. The quantitative estimate of drug-likeness (QED) is 0.868. The summed E-state index contributed by atoms with van der Waals surface area (Å²) < 4.78 is 5.74. The van der Waals surface area contributed by atoms with Gasteiger partial charge in [0, 0.05) is 18.6 Å². The van der Waals surface area contributed by atoms with Crippen molar-refractivity contribution in [2.24, 2.45) is 5.92 Å². The lowest BCUT2D eigenvalue weighted by molar-refractivity contribution is 0.218. The van der Waals surface area contributed by atoms with Gasteiger partial charge >= 0.3 is 0 Å². The van der Waals surface area contributed by atoms with Crippen LogP contribution in [0.3, 0.4) is 0 Å². The zero-order valence-electron chi connectivity index (χ0n) is 13.9. The highest BCUT2D eigenvalue weighted by Crippen LogP contribution is 2.20. The fraction of sp³-hybridized carbons (Fsp3) is 0.667. The number of benzene rings is 1. The molecular formula is C18H30N2O. The summed E-state index contributed by atoms with van der Waals surface area (Å²) in [5.41, 5.74) is 1.33. The van der Waals surface area contributed by atoms with Gasteiger partial charge < -0.3 is 15.0 Å². The molecule has 0 aliphatic carbocycles. The summed E-state index contributed by atoms with van der Waals surface area (Å²) in [5.74, 6) is 1.53. The summed E-state index contributed by atoms with van der Waals surface area (Å²) in [5, 5.41) is 3.75. The van der Waals surface area contributed by atoms with Crippen molar-refractivity contribution in [3.63, 3.8) is 0 Å². The normalized spacial score (nSPS) is 21.5. The van der Waals surface area contributed by atoms with Crippen molar-refractivity contribution in [2.45, 2.75) is 45.7 Å². The van der Waals surface area contributed by atoms with E-state index in [9.17, 15) is 0 Å². The Morgan fingerprint density at radius 2 is 1.95 bits per heavy atom. The molecule has 0 amide bonds. The molecule has 1 aliphatic heterocycles. The Bertz CT molecular complexity index is 416. The van der Waals surface area contributed by atoms with Crippen LogP contribution in [0.1, 0.15) is 45.2 Å². The average Bonchev–Trinajstić information content (AvgIpc) is 2.45. The van der Waals surface area contributed by atoms with Crippen LogP contribution in [0.15, 0.2) is 24.3 Å². The standard InChI is InChI=1S/C18H30N2O/c1-14(2)13-21-18-9-7-16(8-10-18)15(3)19-17-6-5-11-20(4)12-17/h7-10,14-15,17,19H,5-6,11-13H2,1-4H3. The summed E-state index contributed by atoms with van der Waals surface area (Å²) in [7, 11) is 2.21. The molecule has 21 heavy (non-hydrogen) atoms. The monoisotopic (exact) mass is 290 g/mol. The molecule has 1 aromatic rings. The number of hydrogen-bond donors (Lipinski definition) is 1. The second-order valence-corrected chi connectivity index (χ2v) is 6.76. The molecule has 1 N–H and O–H groups in total. The number of ether oxygens (including phenoxy) is 1. The van der Waals surface area contributed by atoms with Crippen molar-refractivity contribution in [3.05, 3.63) is 29.8 Å². The van der Waals surface area contributed by atoms with E-state index in [-0.39, 0.29) is 0 Å². The van der Waals surface area contributed by atoms with E-state index >= 15 is 0 Å². The van der Waals surface area contributed by atoms with Crippen molar-refractivity contribution in [2.75, 3.05) is 26.7 Å². The molecule has 1 aliphatic rings. The smallest absolute Gasteiger partial charge is 0.119 e. The molecule has 2 unspecified atom stereocenters. The van der Waals surface area contributed by atoms with Gasteiger partial charge in [0.25, 0.3) is 0 Å². The largest absolute Gasteiger partial charge is 0.493 e. The molecular weight excluding hydrogens is 260 g/mol. The molecule has 3 heteroatoms. The Balaban J connectivity index is 1.85. The van der Waals surface area contributed by atoms with Crippen molar-refractivity contribution < 1.29 is 4.74 Å². The number of hydrogen-bond acceptors (Lipinski definition) is 3. The van der Waals surface area contributed by atoms with Gasteiger partial charge in [-0.15, -0.1) is 0 Å². The third kappa shape index (κ3) is 5.33. The highest BCUT2D eigenvalue weighted by Gasteiger charge is 2.19. The molecule has 1 fully saturated rings. The summed E-state index contributed by atoms with van der Waals surface area (Å²) in [4.78, 5) is 2.41. The first-order valence-electron chi connectivity index (χ1n) is 8.22. The Kier molecular flexibility index (Phi) is 6.07. The molecule has 0 bridgehead atoms. The minimum atomic E-state index is 0.389. The van der Waals surface area contributed by atoms with Gasteiger partial charge in [-0.25, -0.2) is 0 Å². The molecule has 0 spiro atoms. The minimum absolute atomic E-state index is 0.389. The second kappa shape index (κ2) is 7.81. The van der Waals surface area contributed by atoms with Crippen molar-refractivity contribution in [1.82, 2.24) is 10.2 Å². The molecule has 1 heterocycles.